The second-order valence-electron chi connectivity index (χ2n) is 8.80. The minimum Gasteiger partial charge on any atom is -0.462 e. The maximum atomic E-state index is 13.1. The van der Waals surface area contributed by atoms with Crippen LogP contribution < -0.4 is 15.0 Å². The summed E-state index contributed by atoms with van der Waals surface area (Å²) in [6.07, 6.45) is 2.68. The van der Waals surface area contributed by atoms with Crippen molar-refractivity contribution in [2.75, 3.05) is 16.8 Å². The van der Waals surface area contributed by atoms with E-state index in [0.29, 0.717) is 35.6 Å². The average molecular weight is 547 g/mol. The van der Waals surface area contributed by atoms with Crippen LogP contribution in [-0.2, 0) is 20.7 Å². The summed E-state index contributed by atoms with van der Waals surface area (Å²) in [5.74, 6) is -1.92. The molecular weight excluding hydrogens is 520 g/mol. The Morgan fingerprint density at radius 2 is 1.41 bits per heavy atom. The lowest BCUT2D eigenvalue weighted by molar-refractivity contribution is -0.120. The van der Waals surface area contributed by atoms with Crippen molar-refractivity contribution in [3.05, 3.63) is 100 Å². The number of esters is 2. The van der Waals surface area contributed by atoms with Gasteiger partial charge in [-0.2, -0.15) is 0 Å². The minimum atomic E-state index is -0.698. The van der Waals surface area contributed by atoms with Crippen molar-refractivity contribution in [3.63, 3.8) is 0 Å². The van der Waals surface area contributed by atoms with E-state index in [4.69, 9.17) is 21.1 Å². The van der Waals surface area contributed by atoms with Gasteiger partial charge in [0.1, 0.15) is 16.5 Å². The summed E-state index contributed by atoms with van der Waals surface area (Å²) in [7, 11) is 0. The molecule has 3 aromatic rings. The molecule has 0 aliphatic carbocycles. The zero-order valence-corrected chi connectivity index (χ0v) is 22.3. The number of rotatable bonds is 10. The number of nitrogens with one attached hydrogen (secondary N) is 1. The quantitative estimate of drug-likeness (QED) is 0.193. The van der Waals surface area contributed by atoms with Gasteiger partial charge < -0.3 is 14.8 Å². The lowest BCUT2D eigenvalue weighted by Gasteiger charge is -2.15. The van der Waals surface area contributed by atoms with Crippen molar-refractivity contribution >= 4 is 46.7 Å². The van der Waals surface area contributed by atoms with Crippen LogP contribution in [0.4, 0.5) is 11.4 Å². The van der Waals surface area contributed by atoms with E-state index in [1.54, 1.807) is 36.4 Å². The smallest absolute Gasteiger partial charge is 0.343 e. The first-order chi connectivity index (χ1) is 18.8. The third-order valence-electron chi connectivity index (χ3n) is 5.89. The molecule has 0 aromatic heterocycles. The predicted molar refractivity (Wildman–Crippen MR) is 148 cm³/mol. The Bertz CT molecular complexity index is 1410. The van der Waals surface area contributed by atoms with Crippen LogP contribution in [0.3, 0.4) is 0 Å². The van der Waals surface area contributed by atoms with Crippen molar-refractivity contribution in [3.8, 4) is 5.75 Å². The number of amides is 2. The summed E-state index contributed by atoms with van der Waals surface area (Å²) in [6.45, 7) is 4.29. The molecule has 39 heavy (non-hydrogen) atoms. The molecular formula is C30H27ClN2O6. The van der Waals surface area contributed by atoms with E-state index in [9.17, 15) is 19.2 Å². The van der Waals surface area contributed by atoms with Gasteiger partial charge in [-0.3, -0.25) is 9.59 Å². The van der Waals surface area contributed by atoms with Crippen LogP contribution in [0.1, 0.15) is 53.0 Å². The van der Waals surface area contributed by atoms with Crippen molar-refractivity contribution < 1.29 is 28.7 Å². The number of benzene rings is 3. The number of imide groups is 1. The SMILES string of the molecule is CCCOC(=O)c1ccc(N2C(=O)C(Cl)=C(Nc3ccc(C(=O)Oc4ccc(CCC)cc4)cc3)C2=O)cc1. The largest absolute Gasteiger partial charge is 0.462 e. The molecule has 0 saturated heterocycles. The van der Waals surface area contributed by atoms with Gasteiger partial charge in [0.05, 0.1) is 23.4 Å². The molecule has 0 spiro atoms. The topological polar surface area (TPSA) is 102 Å². The molecule has 0 fully saturated rings. The van der Waals surface area contributed by atoms with Crippen LogP contribution in [-0.4, -0.2) is 30.4 Å². The molecule has 3 aromatic carbocycles. The summed E-state index contributed by atoms with van der Waals surface area (Å²) in [6, 6.07) is 19.5. The Labute approximate surface area is 231 Å². The summed E-state index contributed by atoms with van der Waals surface area (Å²) < 4.78 is 10.5. The van der Waals surface area contributed by atoms with E-state index in [2.05, 4.69) is 12.2 Å². The maximum absolute atomic E-state index is 13.1. The molecule has 2 amide bonds. The van der Waals surface area contributed by atoms with E-state index in [-0.39, 0.29) is 16.4 Å². The highest BCUT2D eigenvalue weighted by atomic mass is 35.5. The highest BCUT2D eigenvalue weighted by Crippen LogP contribution is 2.30. The molecule has 1 aliphatic rings. The Morgan fingerprint density at radius 1 is 0.795 bits per heavy atom. The van der Waals surface area contributed by atoms with Gasteiger partial charge in [-0.15, -0.1) is 0 Å². The zero-order chi connectivity index (χ0) is 27.9. The van der Waals surface area contributed by atoms with Crippen molar-refractivity contribution in [2.24, 2.45) is 0 Å². The summed E-state index contributed by atoms with van der Waals surface area (Å²) in [5.41, 5.74) is 2.38. The number of nitrogens with zero attached hydrogens (tertiary/aromatic N) is 1. The number of carbonyl (C=O) groups is 4. The van der Waals surface area contributed by atoms with Gasteiger partial charge in [0.15, 0.2) is 0 Å². The summed E-state index contributed by atoms with van der Waals surface area (Å²) in [5, 5.41) is 2.59. The molecule has 8 nitrogen and oxygen atoms in total. The molecule has 1 N–H and O–H groups in total. The second-order valence-corrected chi connectivity index (χ2v) is 9.18. The van der Waals surface area contributed by atoms with Gasteiger partial charge in [-0.25, -0.2) is 14.5 Å². The number of hydrogen-bond acceptors (Lipinski definition) is 7. The van der Waals surface area contributed by atoms with Crippen LogP contribution in [0.5, 0.6) is 5.75 Å². The Hall–Kier alpha value is -4.43. The normalized spacial score (nSPS) is 13.1. The zero-order valence-electron chi connectivity index (χ0n) is 21.5. The van der Waals surface area contributed by atoms with Gasteiger partial charge >= 0.3 is 11.9 Å². The fraction of sp³-hybridized carbons (Fsp3) is 0.200. The van der Waals surface area contributed by atoms with Crippen molar-refractivity contribution in [1.29, 1.82) is 0 Å². The molecule has 9 heteroatoms. The van der Waals surface area contributed by atoms with Gasteiger partial charge in [-0.1, -0.05) is 44.0 Å². The molecule has 1 aliphatic heterocycles. The number of anilines is 2. The van der Waals surface area contributed by atoms with Crippen molar-refractivity contribution in [1.82, 2.24) is 0 Å². The summed E-state index contributed by atoms with van der Waals surface area (Å²) in [4.78, 5) is 51.3. The van der Waals surface area contributed by atoms with Gasteiger partial charge in [-0.05, 0) is 79.1 Å². The van der Waals surface area contributed by atoms with Gasteiger partial charge in [0, 0.05) is 5.69 Å². The molecule has 0 bridgehead atoms. The van der Waals surface area contributed by atoms with Crippen LogP contribution in [0.15, 0.2) is 83.5 Å². The first-order valence-corrected chi connectivity index (χ1v) is 12.9. The van der Waals surface area contributed by atoms with E-state index in [0.717, 1.165) is 17.7 Å². The number of ether oxygens (including phenoxy) is 2. The fourth-order valence-electron chi connectivity index (χ4n) is 3.88. The number of aryl methyl sites for hydroxylation is 1. The molecule has 0 unspecified atom stereocenters. The lowest BCUT2D eigenvalue weighted by Crippen LogP contribution is -2.32. The van der Waals surface area contributed by atoms with Gasteiger partial charge in [0.25, 0.3) is 11.8 Å². The number of carbonyl (C=O) groups excluding carboxylic acids is 4. The number of hydrogen-bond donors (Lipinski definition) is 1. The standard InChI is InChI=1S/C30H27ClN2O6/c1-3-5-19-6-16-24(17-7-19)39-30(37)21-8-12-22(13-9-21)32-26-25(31)27(34)33(28(26)35)23-14-10-20(11-15-23)29(36)38-18-4-2/h6-17,32H,3-5,18H2,1-2H3. The predicted octanol–water partition coefficient (Wildman–Crippen LogP) is 5.86. The molecule has 1 heterocycles. The van der Waals surface area contributed by atoms with E-state index < -0.39 is 23.8 Å². The Balaban J connectivity index is 1.41. The fourth-order valence-corrected chi connectivity index (χ4v) is 4.10. The van der Waals surface area contributed by atoms with E-state index in [1.165, 1.54) is 29.8 Å². The van der Waals surface area contributed by atoms with Crippen LogP contribution in [0.25, 0.3) is 0 Å². The summed E-state index contributed by atoms with van der Waals surface area (Å²) >= 11 is 6.22. The highest BCUT2D eigenvalue weighted by molar-refractivity contribution is 6.53. The first kappa shape index (κ1) is 27.6. The third kappa shape index (κ3) is 6.35. The van der Waals surface area contributed by atoms with Crippen LogP contribution >= 0.6 is 11.6 Å². The van der Waals surface area contributed by atoms with Gasteiger partial charge in [0.2, 0.25) is 0 Å². The molecule has 0 radical (unpaired) electrons. The minimum absolute atomic E-state index is 0.101. The molecule has 0 atom stereocenters. The Kier molecular flexibility index (Phi) is 8.78. The van der Waals surface area contributed by atoms with Crippen molar-refractivity contribution in [2.45, 2.75) is 33.1 Å². The average Bonchev–Trinajstić information content (AvgIpc) is 3.16. The highest BCUT2D eigenvalue weighted by Gasteiger charge is 2.39. The number of halogens is 1. The van der Waals surface area contributed by atoms with E-state index in [1.807, 2.05) is 19.1 Å². The van der Waals surface area contributed by atoms with Crippen LogP contribution in [0, 0.1) is 0 Å². The molecule has 4 rings (SSSR count). The second kappa shape index (κ2) is 12.4. The van der Waals surface area contributed by atoms with Crippen LogP contribution in [0.2, 0.25) is 0 Å². The van der Waals surface area contributed by atoms with E-state index >= 15 is 0 Å². The Morgan fingerprint density at radius 3 is 2.03 bits per heavy atom. The lowest BCUT2D eigenvalue weighted by atomic mass is 10.1. The molecule has 0 saturated carbocycles. The molecule has 200 valence electrons. The first-order valence-electron chi connectivity index (χ1n) is 12.6. The maximum Gasteiger partial charge on any atom is 0.343 e. The monoisotopic (exact) mass is 546 g/mol. The third-order valence-corrected chi connectivity index (χ3v) is 6.24.